The summed E-state index contributed by atoms with van der Waals surface area (Å²) in [6.45, 7) is 7.86. The highest BCUT2D eigenvalue weighted by atomic mass is 16.6. The fraction of sp³-hybridized carbons (Fsp3) is 0.571. The summed E-state index contributed by atoms with van der Waals surface area (Å²) in [7, 11) is 0. The number of hydrogen-bond acceptors (Lipinski definition) is 6. The Morgan fingerprint density at radius 1 is 1.52 bits per heavy atom. The van der Waals surface area contributed by atoms with Gasteiger partial charge in [-0.05, 0) is 12.8 Å². The third-order valence-corrected chi connectivity index (χ3v) is 2.77. The summed E-state index contributed by atoms with van der Waals surface area (Å²) >= 11 is 0. The lowest BCUT2D eigenvalue weighted by molar-refractivity contribution is -0.384. The molecule has 21 heavy (non-hydrogen) atoms. The van der Waals surface area contributed by atoms with Crippen LogP contribution in [-0.2, 0) is 0 Å². The Bertz CT molecular complexity index is 525. The standard InChI is InChI=1S/C14H21N5O2/c1-4-16-13-8-12(19(20)21)9-14(17-13)18(7-5-6-15)10-11(2)3/h8-9,11H,4-5,7,10H2,1-3H3,(H,16,17). The van der Waals surface area contributed by atoms with Gasteiger partial charge in [0.15, 0.2) is 0 Å². The third kappa shape index (κ3) is 5.26. The van der Waals surface area contributed by atoms with E-state index < -0.39 is 4.92 Å². The first-order chi connectivity index (χ1) is 9.97. The average Bonchev–Trinajstić information content (AvgIpc) is 2.43. The summed E-state index contributed by atoms with van der Waals surface area (Å²) in [6.07, 6.45) is 0.355. The minimum Gasteiger partial charge on any atom is -0.370 e. The highest BCUT2D eigenvalue weighted by molar-refractivity contribution is 5.56. The molecule has 0 unspecified atom stereocenters. The fourth-order valence-corrected chi connectivity index (χ4v) is 1.97. The smallest absolute Gasteiger partial charge is 0.276 e. The first kappa shape index (κ1) is 16.7. The molecule has 0 aliphatic heterocycles. The molecule has 1 aromatic rings. The SMILES string of the molecule is CCNc1cc([N+](=O)[O-])cc(N(CCC#N)CC(C)C)n1. The van der Waals surface area contributed by atoms with Crippen LogP contribution in [-0.4, -0.2) is 29.5 Å². The van der Waals surface area contributed by atoms with Gasteiger partial charge in [-0.2, -0.15) is 5.26 Å². The molecule has 0 aromatic carbocycles. The van der Waals surface area contributed by atoms with Gasteiger partial charge in [0.2, 0.25) is 0 Å². The van der Waals surface area contributed by atoms with Crippen molar-refractivity contribution in [3.63, 3.8) is 0 Å². The van der Waals surface area contributed by atoms with Gasteiger partial charge in [-0.3, -0.25) is 10.1 Å². The van der Waals surface area contributed by atoms with Crippen LogP contribution >= 0.6 is 0 Å². The molecule has 0 radical (unpaired) electrons. The molecule has 114 valence electrons. The van der Waals surface area contributed by atoms with Crippen LogP contribution < -0.4 is 10.2 Å². The lowest BCUT2D eigenvalue weighted by Gasteiger charge is -2.25. The van der Waals surface area contributed by atoms with E-state index in [4.69, 9.17) is 5.26 Å². The van der Waals surface area contributed by atoms with Gasteiger partial charge >= 0.3 is 0 Å². The van der Waals surface area contributed by atoms with Gasteiger partial charge in [-0.15, -0.1) is 0 Å². The molecule has 0 bridgehead atoms. The quantitative estimate of drug-likeness (QED) is 0.584. The van der Waals surface area contributed by atoms with Gasteiger partial charge in [0, 0.05) is 19.6 Å². The Morgan fingerprint density at radius 3 is 2.76 bits per heavy atom. The van der Waals surface area contributed by atoms with Gasteiger partial charge in [-0.25, -0.2) is 4.98 Å². The van der Waals surface area contributed by atoms with E-state index in [9.17, 15) is 10.1 Å². The minimum absolute atomic E-state index is 0.00154. The molecule has 0 spiro atoms. The maximum Gasteiger partial charge on any atom is 0.276 e. The van der Waals surface area contributed by atoms with Crippen molar-refractivity contribution in [2.75, 3.05) is 29.9 Å². The Kier molecular flexibility index (Phi) is 6.40. The molecule has 0 atom stereocenters. The largest absolute Gasteiger partial charge is 0.370 e. The predicted octanol–water partition coefficient (Wildman–Crippen LogP) is 2.80. The van der Waals surface area contributed by atoms with E-state index in [1.807, 2.05) is 11.8 Å². The summed E-state index contributed by atoms with van der Waals surface area (Å²) in [5.74, 6) is 1.38. The zero-order valence-electron chi connectivity index (χ0n) is 12.7. The number of rotatable bonds is 8. The Morgan fingerprint density at radius 2 is 2.24 bits per heavy atom. The number of nitro groups is 1. The van der Waals surface area contributed by atoms with E-state index in [0.717, 1.165) is 0 Å². The molecule has 0 saturated heterocycles. The summed E-state index contributed by atoms with van der Waals surface area (Å²) < 4.78 is 0. The van der Waals surface area contributed by atoms with E-state index in [1.54, 1.807) is 0 Å². The van der Waals surface area contributed by atoms with Crippen molar-refractivity contribution in [3.8, 4) is 6.07 Å². The normalized spacial score (nSPS) is 10.2. The Labute approximate surface area is 124 Å². The van der Waals surface area contributed by atoms with E-state index in [2.05, 4.69) is 30.2 Å². The fourth-order valence-electron chi connectivity index (χ4n) is 1.97. The lowest BCUT2D eigenvalue weighted by atomic mass is 10.2. The van der Waals surface area contributed by atoms with Crippen molar-refractivity contribution in [1.82, 2.24) is 4.98 Å². The first-order valence-corrected chi connectivity index (χ1v) is 7.00. The number of aromatic nitrogens is 1. The van der Waals surface area contributed by atoms with Crippen LogP contribution in [0.25, 0.3) is 0 Å². The van der Waals surface area contributed by atoms with Crippen LogP contribution in [0.4, 0.5) is 17.3 Å². The molecule has 1 aromatic heterocycles. The van der Waals surface area contributed by atoms with Crippen molar-refractivity contribution in [1.29, 1.82) is 5.26 Å². The van der Waals surface area contributed by atoms with Gasteiger partial charge in [0.25, 0.3) is 5.69 Å². The molecule has 7 heteroatoms. The minimum atomic E-state index is -0.427. The summed E-state index contributed by atoms with van der Waals surface area (Å²) in [5, 5.41) is 22.8. The molecular weight excluding hydrogens is 270 g/mol. The van der Waals surface area contributed by atoms with Crippen molar-refractivity contribution >= 4 is 17.3 Å². The van der Waals surface area contributed by atoms with E-state index in [-0.39, 0.29) is 5.69 Å². The summed E-state index contributed by atoms with van der Waals surface area (Å²) in [4.78, 5) is 17.0. The van der Waals surface area contributed by atoms with Crippen LogP contribution in [0.2, 0.25) is 0 Å². The maximum absolute atomic E-state index is 11.0. The van der Waals surface area contributed by atoms with E-state index >= 15 is 0 Å². The zero-order chi connectivity index (χ0) is 15.8. The van der Waals surface area contributed by atoms with E-state index in [1.165, 1.54) is 12.1 Å². The number of nitrogens with one attached hydrogen (secondary N) is 1. The van der Waals surface area contributed by atoms with Crippen molar-refractivity contribution < 1.29 is 4.92 Å². The van der Waals surface area contributed by atoms with Gasteiger partial charge in [0.05, 0.1) is 29.5 Å². The van der Waals surface area contributed by atoms with Crippen molar-refractivity contribution in [2.45, 2.75) is 27.2 Å². The van der Waals surface area contributed by atoms with Crippen LogP contribution in [0.3, 0.4) is 0 Å². The topological polar surface area (TPSA) is 95.1 Å². The Balaban J connectivity index is 3.14. The van der Waals surface area contributed by atoms with Crippen molar-refractivity contribution in [2.24, 2.45) is 5.92 Å². The highest BCUT2D eigenvalue weighted by Crippen LogP contribution is 2.24. The van der Waals surface area contributed by atoms with Crippen molar-refractivity contribution in [3.05, 3.63) is 22.2 Å². The maximum atomic E-state index is 11.0. The molecule has 0 saturated carbocycles. The second kappa shape index (κ2) is 8.04. The van der Waals surface area contributed by atoms with Crippen LogP contribution in [0, 0.1) is 27.4 Å². The highest BCUT2D eigenvalue weighted by Gasteiger charge is 2.16. The second-order valence-corrected chi connectivity index (χ2v) is 5.10. The molecule has 0 aliphatic rings. The van der Waals surface area contributed by atoms with Gasteiger partial charge in [-0.1, -0.05) is 13.8 Å². The van der Waals surface area contributed by atoms with Crippen LogP contribution in [0.15, 0.2) is 12.1 Å². The number of hydrogen-bond donors (Lipinski definition) is 1. The Hall–Kier alpha value is -2.36. The third-order valence-electron chi connectivity index (χ3n) is 2.77. The summed E-state index contributed by atoms with van der Waals surface area (Å²) in [6, 6.07) is 4.98. The molecule has 0 fully saturated rings. The number of pyridine rings is 1. The number of anilines is 2. The average molecular weight is 291 g/mol. The molecule has 7 nitrogen and oxygen atoms in total. The molecule has 1 N–H and O–H groups in total. The predicted molar refractivity (Wildman–Crippen MR) is 82.3 cm³/mol. The number of nitriles is 1. The monoisotopic (exact) mass is 291 g/mol. The second-order valence-electron chi connectivity index (χ2n) is 5.10. The number of nitrogens with zero attached hydrogens (tertiary/aromatic N) is 4. The van der Waals surface area contributed by atoms with E-state index in [0.29, 0.717) is 43.6 Å². The van der Waals surface area contributed by atoms with Crippen LogP contribution in [0.5, 0.6) is 0 Å². The molecule has 0 amide bonds. The van der Waals surface area contributed by atoms with Gasteiger partial charge in [0.1, 0.15) is 11.6 Å². The molecule has 0 aliphatic carbocycles. The first-order valence-electron chi connectivity index (χ1n) is 7.00. The lowest BCUT2D eigenvalue weighted by Crippen LogP contribution is -2.29. The molecule has 1 heterocycles. The molecular formula is C14H21N5O2. The van der Waals surface area contributed by atoms with Gasteiger partial charge < -0.3 is 10.2 Å². The zero-order valence-corrected chi connectivity index (χ0v) is 12.7. The molecule has 1 rings (SSSR count). The summed E-state index contributed by atoms with van der Waals surface area (Å²) in [5.41, 5.74) is 0.00154. The van der Waals surface area contributed by atoms with Crippen LogP contribution in [0.1, 0.15) is 27.2 Å².